The zero-order valence-corrected chi connectivity index (χ0v) is 14.2. The Morgan fingerprint density at radius 3 is 2.32 bits per heavy atom. The van der Waals surface area contributed by atoms with Crippen LogP contribution in [0.1, 0.15) is 5.82 Å². The fourth-order valence-corrected chi connectivity index (χ4v) is 3.82. The van der Waals surface area contributed by atoms with Crippen LogP contribution in [0.25, 0.3) is 11.0 Å². The number of nitrogens with zero attached hydrogens (tertiary/aromatic N) is 2. The molecule has 0 saturated heterocycles. The maximum absolute atomic E-state index is 13.2. The number of hydrogen-bond donors (Lipinski definition) is 0. The van der Waals surface area contributed by atoms with Crippen molar-refractivity contribution >= 4 is 32.5 Å². The molecule has 0 atom stereocenters. The summed E-state index contributed by atoms with van der Waals surface area (Å²) in [5.74, 6) is -1.60. The lowest BCUT2D eigenvalue weighted by Gasteiger charge is -2.12. The van der Waals surface area contributed by atoms with Gasteiger partial charge in [0.05, 0.1) is 21.7 Å². The second kappa shape index (κ2) is 6.34. The van der Waals surface area contributed by atoms with E-state index in [0.717, 1.165) is 4.57 Å². The minimum Gasteiger partial charge on any atom is -0.319 e. The number of fused-ring (bicyclic) bond motifs is 1. The third-order valence-electron chi connectivity index (χ3n) is 3.66. The predicted octanol–water partition coefficient (Wildman–Crippen LogP) is 4.18. The molecule has 0 amide bonds. The van der Waals surface area contributed by atoms with E-state index in [1.165, 1.54) is 36.4 Å². The molecule has 25 heavy (non-hydrogen) atoms. The molecule has 0 unspecified atom stereocenters. The highest BCUT2D eigenvalue weighted by Crippen LogP contribution is 2.31. The number of aryl methyl sites for hydroxylation is 1. The summed E-state index contributed by atoms with van der Waals surface area (Å²) in [4.78, 5) is 3.60. The van der Waals surface area contributed by atoms with Gasteiger partial charge in [0.1, 0.15) is 0 Å². The Morgan fingerprint density at radius 1 is 1.04 bits per heavy atom. The quantitative estimate of drug-likeness (QED) is 0.673. The monoisotopic (exact) mass is 388 g/mol. The van der Waals surface area contributed by atoms with Gasteiger partial charge in [-0.3, -0.25) is 0 Å². The maximum atomic E-state index is 13.2. The van der Waals surface area contributed by atoms with Crippen molar-refractivity contribution in [1.82, 2.24) is 9.55 Å². The number of sulfone groups is 1. The van der Waals surface area contributed by atoms with Crippen molar-refractivity contribution in [2.45, 2.75) is 17.6 Å². The highest BCUT2D eigenvalue weighted by molar-refractivity contribution is 7.91. The van der Waals surface area contributed by atoms with Crippen LogP contribution < -0.4 is 0 Å². The van der Waals surface area contributed by atoms with Crippen molar-refractivity contribution in [1.29, 1.82) is 0 Å². The van der Waals surface area contributed by atoms with Crippen molar-refractivity contribution in [3.8, 4) is 0 Å². The van der Waals surface area contributed by atoms with E-state index in [4.69, 9.17) is 11.6 Å². The molecule has 3 rings (SSSR count). The van der Waals surface area contributed by atoms with E-state index in [1.54, 1.807) is 12.1 Å². The van der Waals surface area contributed by atoms with Gasteiger partial charge in [0.2, 0.25) is 5.82 Å². The second-order valence-electron chi connectivity index (χ2n) is 5.35. The molecule has 0 radical (unpaired) electrons. The van der Waals surface area contributed by atoms with E-state index in [9.17, 15) is 21.6 Å². The van der Waals surface area contributed by atoms with Crippen LogP contribution in [0, 0.1) is 0 Å². The molecule has 0 saturated carbocycles. The molecular weight excluding hydrogens is 377 g/mol. The summed E-state index contributed by atoms with van der Waals surface area (Å²) in [7, 11) is -3.76. The van der Waals surface area contributed by atoms with Gasteiger partial charge in [-0.2, -0.15) is 13.2 Å². The highest BCUT2D eigenvalue weighted by atomic mass is 35.5. The number of alkyl halides is 3. The first kappa shape index (κ1) is 17.8. The average molecular weight is 389 g/mol. The first-order valence-corrected chi connectivity index (χ1v) is 9.22. The summed E-state index contributed by atoms with van der Waals surface area (Å²) in [5.41, 5.74) is 0.403. The summed E-state index contributed by atoms with van der Waals surface area (Å²) in [6.45, 7) is -0.361. The van der Waals surface area contributed by atoms with Crippen LogP contribution >= 0.6 is 11.6 Å². The van der Waals surface area contributed by atoms with E-state index in [0.29, 0.717) is 5.02 Å². The summed E-state index contributed by atoms with van der Waals surface area (Å²) in [6.07, 6.45) is -4.68. The van der Waals surface area contributed by atoms with Crippen molar-refractivity contribution in [3.63, 3.8) is 0 Å². The lowest BCUT2D eigenvalue weighted by Crippen LogP contribution is -2.19. The molecule has 3 aromatic rings. The van der Waals surface area contributed by atoms with Gasteiger partial charge in [-0.05, 0) is 36.4 Å². The van der Waals surface area contributed by atoms with E-state index in [2.05, 4.69) is 4.98 Å². The minimum atomic E-state index is -4.68. The minimum absolute atomic E-state index is 0.00915. The van der Waals surface area contributed by atoms with E-state index >= 15 is 0 Å². The van der Waals surface area contributed by atoms with Crippen LogP contribution in [-0.4, -0.2) is 23.7 Å². The first-order valence-electron chi connectivity index (χ1n) is 7.19. The standard InChI is InChI=1S/C16H12ClF3N2O2S/c17-11-5-7-12(8-6-11)25(23,24)10-9-22-14-4-2-1-3-13(14)21-15(22)16(18,19)20/h1-8H,9-10H2. The Labute approximate surface area is 146 Å². The number of rotatable bonds is 4. The highest BCUT2D eigenvalue weighted by Gasteiger charge is 2.37. The molecule has 0 spiro atoms. The third kappa shape index (κ3) is 3.64. The molecular formula is C16H12ClF3N2O2S. The SMILES string of the molecule is O=S(=O)(CCn1c(C(F)(F)F)nc2ccccc21)c1ccc(Cl)cc1. The van der Waals surface area contributed by atoms with Gasteiger partial charge >= 0.3 is 6.18 Å². The molecule has 0 bridgehead atoms. The van der Waals surface area contributed by atoms with Gasteiger partial charge in [-0.25, -0.2) is 13.4 Å². The number of benzene rings is 2. The van der Waals surface area contributed by atoms with Crippen LogP contribution in [0.5, 0.6) is 0 Å². The average Bonchev–Trinajstić information content (AvgIpc) is 2.92. The van der Waals surface area contributed by atoms with Gasteiger partial charge in [-0.15, -0.1) is 0 Å². The Hall–Kier alpha value is -2.06. The zero-order valence-electron chi connectivity index (χ0n) is 12.7. The molecule has 0 aliphatic rings. The molecule has 9 heteroatoms. The van der Waals surface area contributed by atoms with Crippen molar-refractivity contribution < 1.29 is 21.6 Å². The molecule has 1 heterocycles. The summed E-state index contributed by atoms with van der Waals surface area (Å²) < 4.78 is 65.3. The van der Waals surface area contributed by atoms with Crippen LogP contribution in [0.15, 0.2) is 53.4 Å². The van der Waals surface area contributed by atoms with Crippen molar-refractivity contribution in [3.05, 3.63) is 59.4 Å². The Kier molecular flexibility index (Phi) is 4.51. The molecule has 0 fully saturated rings. The van der Waals surface area contributed by atoms with Crippen LogP contribution in [0.2, 0.25) is 5.02 Å². The third-order valence-corrected chi connectivity index (χ3v) is 5.63. The summed E-state index contributed by atoms with van der Waals surface area (Å²) in [6, 6.07) is 11.6. The summed E-state index contributed by atoms with van der Waals surface area (Å²) >= 11 is 5.72. The van der Waals surface area contributed by atoms with Crippen LogP contribution in [0.3, 0.4) is 0 Å². The fourth-order valence-electron chi connectivity index (χ4n) is 2.49. The molecule has 132 valence electrons. The van der Waals surface area contributed by atoms with Gasteiger partial charge in [-0.1, -0.05) is 23.7 Å². The van der Waals surface area contributed by atoms with Gasteiger partial charge in [0.15, 0.2) is 9.84 Å². The van der Waals surface area contributed by atoms with E-state index in [1.807, 2.05) is 0 Å². The smallest absolute Gasteiger partial charge is 0.319 e. The van der Waals surface area contributed by atoms with Crippen LogP contribution in [0.4, 0.5) is 13.2 Å². The number of aromatic nitrogens is 2. The van der Waals surface area contributed by atoms with Crippen LogP contribution in [-0.2, 0) is 22.6 Å². The Bertz CT molecular complexity index is 1010. The fraction of sp³-hybridized carbons (Fsp3) is 0.188. The molecule has 0 N–H and O–H groups in total. The van der Waals surface area contributed by atoms with E-state index in [-0.39, 0.29) is 22.5 Å². The lowest BCUT2D eigenvalue weighted by molar-refractivity contribution is -0.146. The second-order valence-corrected chi connectivity index (χ2v) is 7.89. The molecule has 2 aromatic carbocycles. The normalized spacial score (nSPS) is 12.6. The number of imidazole rings is 1. The lowest BCUT2D eigenvalue weighted by atomic mass is 10.3. The predicted molar refractivity (Wildman–Crippen MR) is 88.2 cm³/mol. The number of hydrogen-bond acceptors (Lipinski definition) is 3. The summed E-state index contributed by atoms with van der Waals surface area (Å²) in [5, 5.41) is 0.374. The van der Waals surface area contributed by atoms with Gasteiger partial charge < -0.3 is 4.57 Å². The van der Waals surface area contributed by atoms with Gasteiger partial charge in [0, 0.05) is 11.6 Å². The first-order chi connectivity index (χ1) is 11.7. The van der Waals surface area contributed by atoms with E-state index < -0.39 is 27.6 Å². The van der Waals surface area contributed by atoms with Crippen molar-refractivity contribution in [2.75, 3.05) is 5.75 Å². The topological polar surface area (TPSA) is 52.0 Å². The zero-order chi connectivity index (χ0) is 18.2. The molecule has 0 aliphatic heterocycles. The number of halogens is 4. The Balaban J connectivity index is 1.96. The Morgan fingerprint density at radius 2 is 1.68 bits per heavy atom. The van der Waals surface area contributed by atoms with Gasteiger partial charge in [0.25, 0.3) is 0 Å². The maximum Gasteiger partial charge on any atom is 0.449 e. The molecule has 0 aliphatic carbocycles. The molecule has 4 nitrogen and oxygen atoms in total. The number of para-hydroxylation sites is 2. The largest absolute Gasteiger partial charge is 0.449 e. The van der Waals surface area contributed by atoms with Crippen molar-refractivity contribution in [2.24, 2.45) is 0 Å². The molecule has 1 aromatic heterocycles.